The lowest BCUT2D eigenvalue weighted by Crippen LogP contribution is -2.50. The van der Waals surface area contributed by atoms with Crippen LogP contribution in [0.5, 0.6) is 5.75 Å². The van der Waals surface area contributed by atoms with E-state index < -0.39 is 10.0 Å². The molecule has 6 nitrogen and oxygen atoms in total. The smallest absolute Gasteiger partial charge is 0.264 e. The van der Waals surface area contributed by atoms with Crippen molar-refractivity contribution in [3.05, 3.63) is 81.0 Å². The molecule has 0 spiro atoms. The molecule has 0 bridgehead atoms. The number of rotatable bonds is 6. The van der Waals surface area contributed by atoms with E-state index in [2.05, 4.69) is 0 Å². The van der Waals surface area contributed by atoms with E-state index in [1.165, 1.54) is 15.6 Å². The zero-order chi connectivity index (χ0) is 22.7. The van der Waals surface area contributed by atoms with Gasteiger partial charge in [-0.15, -0.1) is 11.3 Å². The number of carbonyl (C=O) groups excluding carboxylic acids is 1. The lowest BCUT2D eigenvalue weighted by molar-refractivity contribution is 0.0702. The average molecular weight is 491 g/mol. The Hall–Kier alpha value is -2.39. The molecule has 0 saturated carbocycles. The van der Waals surface area contributed by atoms with Gasteiger partial charge in [0.15, 0.2) is 0 Å². The topological polar surface area (TPSA) is 66.9 Å². The lowest BCUT2D eigenvalue weighted by Gasteiger charge is -2.33. The Morgan fingerprint density at radius 2 is 1.78 bits per heavy atom. The van der Waals surface area contributed by atoms with Crippen molar-refractivity contribution < 1.29 is 17.9 Å². The highest BCUT2D eigenvalue weighted by Crippen LogP contribution is 2.25. The van der Waals surface area contributed by atoms with Crippen LogP contribution in [0.25, 0.3) is 0 Å². The monoisotopic (exact) mass is 490 g/mol. The molecule has 0 unspecified atom stereocenters. The molecule has 2 heterocycles. The van der Waals surface area contributed by atoms with Crippen LogP contribution in [0, 0.1) is 6.92 Å². The number of aryl methyl sites for hydroxylation is 1. The van der Waals surface area contributed by atoms with Gasteiger partial charge in [-0.05, 0) is 54.3 Å². The molecule has 0 radical (unpaired) electrons. The number of hydrogen-bond donors (Lipinski definition) is 0. The number of ether oxygens (including phenoxy) is 1. The fraction of sp³-hybridized carbons (Fsp3) is 0.261. The van der Waals surface area contributed by atoms with Crippen molar-refractivity contribution in [3.63, 3.8) is 0 Å². The molecular formula is C23H23ClN2O4S2. The van der Waals surface area contributed by atoms with Crippen LogP contribution in [0.4, 0.5) is 0 Å². The second kappa shape index (κ2) is 9.62. The largest absolute Gasteiger partial charge is 0.489 e. The van der Waals surface area contributed by atoms with Crippen LogP contribution in [-0.2, 0) is 16.6 Å². The quantitative estimate of drug-likeness (QED) is 0.512. The molecule has 1 aliphatic rings. The Balaban J connectivity index is 1.34. The number of hydrogen-bond acceptors (Lipinski definition) is 5. The fourth-order valence-corrected chi connectivity index (χ4v) is 6.06. The normalized spacial score (nSPS) is 15.0. The van der Waals surface area contributed by atoms with Crippen molar-refractivity contribution >= 4 is 38.9 Å². The summed E-state index contributed by atoms with van der Waals surface area (Å²) in [5.41, 5.74) is 1.87. The van der Waals surface area contributed by atoms with Crippen LogP contribution in [0.1, 0.15) is 20.8 Å². The number of carbonyl (C=O) groups is 1. The molecule has 9 heteroatoms. The summed E-state index contributed by atoms with van der Waals surface area (Å²) in [4.78, 5) is 15.5. The molecule has 1 fully saturated rings. The third-order valence-electron chi connectivity index (χ3n) is 5.30. The highest BCUT2D eigenvalue weighted by atomic mass is 35.5. The molecule has 1 saturated heterocycles. The van der Waals surface area contributed by atoms with E-state index >= 15 is 0 Å². The van der Waals surface area contributed by atoms with Gasteiger partial charge in [0.2, 0.25) is 10.0 Å². The van der Waals surface area contributed by atoms with E-state index in [9.17, 15) is 13.2 Å². The molecule has 168 valence electrons. The minimum Gasteiger partial charge on any atom is -0.489 e. The fourth-order valence-electron chi connectivity index (χ4n) is 3.53. The van der Waals surface area contributed by atoms with Gasteiger partial charge < -0.3 is 9.64 Å². The number of thiophene rings is 1. The first-order valence-corrected chi connectivity index (χ1v) is 12.9. The van der Waals surface area contributed by atoms with E-state index in [1.54, 1.807) is 41.3 Å². The summed E-state index contributed by atoms with van der Waals surface area (Å²) in [5, 5.41) is 2.57. The highest BCUT2D eigenvalue weighted by molar-refractivity contribution is 7.89. The van der Waals surface area contributed by atoms with E-state index in [4.69, 9.17) is 16.3 Å². The van der Waals surface area contributed by atoms with Gasteiger partial charge in [-0.2, -0.15) is 4.31 Å². The van der Waals surface area contributed by atoms with Gasteiger partial charge in [-0.3, -0.25) is 4.79 Å². The SMILES string of the molecule is Cc1cc(Cl)ccc1OCc1csc(C(=O)N2CCN(S(=O)(=O)c3ccccc3)CC2)c1. The molecule has 32 heavy (non-hydrogen) atoms. The summed E-state index contributed by atoms with van der Waals surface area (Å²) < 4.78 is 32.8. The third-order valence-corrected chi connectivity index (χ3v) is 8.42. The van der Waals surface area contributed by atoms with Gasteiger partial charge in [0.05, 0.1) is 9.77 Å². The van der Waals surface area contributed by atoms with E-state index in [0.29, 0.717) is 29.6 Å². The van der Waals surface area contributed by atoms with Crippen LogP contribution in [-0.4, -0.2) is 49.7 Å². The lowest BCUT2D eigenvalue weighted by atomic mass is 10.2. The van der Waals surface area contributed by atoms with Crippen LogP contribution < -0.4 is 4.74 Å². The Kier molecular flexibility index (Phi) is 6.85. The van der Waals surface area contributed by atoms with Crippen LogP contribution in [0.2, 0.25) is 5.02 Å². The van der Waals surface area contributed by atoms with E-state index in [0.717, 1.165) is 16.9 Å². The summed E-state index contributed by atoms with van der Waals surface area (Å²) in [6, 6.07) is 15.7. The predicted octanol–water partition coefficient (Wildman–Crippen LogP) is 4.44. The van der Waals surface area contributed by atoms with Crippen LogP contribution in [0.3, 0.4) is 0 Å². The van der Waals surface area contributed by atoms with Gasteiger partial charge in [0.1, 0.15) is 12.4 Å². The second-order valence-corrected chi connectivity index (χ2v) is 10.8. The number of piperazine rings is 1. The molecule has 3 aromatic rings. The summed E-state index contributed by atoms with van der Waals surface area (Å²) >= 11 is 7.35. The van der Waals surface area contributed by atoms with Crippen molar-refractivity contribution in [2.75, 3.05) is 26.2 Å². The van der Waals surface area contributed by atoms with Crippen molar-refractivity contribution in [1.29, 1.82) is 0 Å². The molecule has 4 rings (SSSR count). The Morgan fingerprint density at radius 3 is 2.47 bits per heavy atom. The van der Waals surface area contributed by atoms with Crippen LogP contribution >= 0.6 is 22.9 Å². The minimum absolute atomic E-state index is 0.0827. The Labute approximate surface area is 197 Å². The number of nitrogens with zero attached hydrogens (tertiary/aromatic N) is 2. The van der Waals surface area contributed by atoms with Gasteiger partial charge in [-0.1, -0.05) is 29.8 Å². The first-order valence-electron chi connectivity index (χ1n) is 10.2. The van der Waals surface area contributed by atoms with Crippen LogP contribution in [0.15, 0.2) is 64.9 Å². The molecule has 0 atom stereocenters. The maximum absolute atomic E-state index is 12.9. The predicted molar refractivity (Wildman–Crippen MR) is 126 cm³/mol. The Morgan fingerprint density at radius 1 is 1.06 bits per heavy atom. The molecule has 1 aromatic heterocycles. The first kappa shape index (κ1) is 22.8. The first-order chi connectivity index (χ1) is 15.3. The Bertz CT molecular complexity index is 1200. The van der Waals surface area contributed by atoms with Gasteiger partial charge in [-0.25, -0.2) is 8.42 Å². The molecular weight excluding hydrogens is 468 g/mol. The zero-order valence-corrected chi connectivity index (χ0v) is 19.9. The van der Waals surface area contributed by atoms with Crippen molar-refractivity contribution in [3.8, 4) is 5.75 Å². The standard InChI is InChI=1S/C23H23ClN2O4S2/c1-17-13-19(24)7-8-21(17)30-15-18-14-22(31-16-18)23(27)25-9-11-26(12-10-25)32(28,29)20-5-3-2-4-6-20/h2-8,13-14,16H,9-12,15H2,1H3. The van der Waals surface area contributed by atoms with Gasteiger partial charge >= 0.3 is 0 Å². The summed E-state index contributed by atoms with van der Waals surface area (Å²) in [5.74, 6) is 0.671. The van der Waals surface area contributed by atoms with E-state index in [1.807, 2.05) is 30.5 Å². The third kappa shape index (κ3) is 4.99. The van der Waals surface area contributed by atoms with Gasteiger partial charge in [0, 0.05) is 36.8 Å². The summed E-state index contributed by atoms with van der Waals surface area (Å²) in [7, 11) is -3.54. The van der Waals surface area contributed by atoms with Crippen molar-refractivity contribution in [1.82, 2.24) is 9.21 Å². The number of halogens is 1. The second-order valence-electron chi connectivity index (χ2n) is 7.53. The molecule has 1 amide bonds. The number of benzene rings is 2. The summed E-state index contributed by atoms with van der Waals surface area (Å²) in [6.07, 6.45) is 0. The van der Waals surface area contributed by atoms with E-state index in [-0.39, 0.29) is 23.9 Å². The number of amides is 1. The van der Waals surface area contributed by atoms with Crippen molar-refractivity contribution in [2.24, 2.45) is 0 Å². The molecule has 0 N–H and O–H groups in total. The van der Waals surface area contributed by atoms with Gasteiger partial charge in [0.25, 0.3) is 5.91 Å². The zero-order valence-electron chi connectivity index (χ0n) is 17.5. The van der Waals surface area contributed by atoms with Crippen molar-refractivity contribution in [2.45, 2.75) is 18.4 Å². The maximum Gasteiger partial charge on any atom is 0.264 e. The minimum atomic E-state index is -3.54. The molecule has 1 aliphatic heterocycles. The average Bonchev–Trinajstić information content (AvgIpc) is 3.28. The highest BCUT2D eigenvalue weighted by Gasteiger charge is 2.30. The summed E-state index contributed by atoms with van der Waals surface area (Å²) in [6.45, 7) is 3.56. The maximum atomic E-state index is 12.9. The molecule has 0 aliphatic carbocycles. The number of sulfonamides is 1. The molecule has 2 aromatic carbocycles.